The van der Waals surface area contributed by atoms with Crippen molar-refractivity contribution in [2.45, 2.75) is 20.4 Å². The van der Waals surface area contributed by atoms with Crippen LogP contribution in [-0.2, 0) is 6.54 Å². The average molecular weight is 277 g/mol. The van der Waals surface area contributed by atoms with Crippen LogP contribution in [0.2, 0.25) is 0 Å². The Morgan fingerprint density at radius 1 is 1.24 bits per heavy atom. The van der Waals surface area contributed by atoms with E-state index in [1.54, 1.807) is 0 Å². The highest BCUT2D eigenvalue weighted by Crippen LogP contribution is 2.21. The van der Waals surface area contributed by atoms with Crippen LogP contribution in [0.3, 0.4) is 0 Å². The first-order valence-corrected chi connectivity index (χ1v) is 6.72. The third-order valence-corrected chi connectivity index (χ3v) is 3.66. The summed E-state index contributed by atoms with van der Waals surface area (Å²) in [6, 6.07) is 12.4. The van der Waals surface area contributed by atoms with Gasteiger partial charge in [0.1, 0.15) is 11.8 Å². The van der Waals surface area contributed by atoms with Crippen molar-refractivity contribution in [3.05, 3.63) is 58.9 Å². The van der Waals surface area contributed by atoms with E-state index < -0.39 is 0 Å². The zero-order valence-electron chi connectivity index (χ0n) is 12.0. The molecule has 2 heterocycles. The van der Waals surface area contributed by atoms with Crippen LogP contribution in [-0.4, -0.2) is 20.0 Å². The molecule has 0 spiro atoms. The van der Waals surface area contributed by atoms with Gasteiger partial charge in [-0.05, 0) is 42.7 Å². The van der Waals surface area contributed by atoms with Gasteiger partial charge in [-0.2, -0.15) is 5.26 Å². The molecule has 0 fully saturated rings. The van der Waals surface area contributed by atoms with Crippen LogP contribution in [0.25, 0.3) is 11.4 Å². The summed E-state index contributed by atoms with van der Waals surface area (Å²) >= 11 is 0. The van der Waals surface area contributed by atoms with Crippen molar-refractivity contribution in [2.75, 3.05) is 0 Å². The SMILES string of the molecule is Cc1ccc(Cn2cccc2-c2nn[nH]c2C#N)cc1C. The van der Waals surface area contributed by atoms with Crippen LogP contribution in [0, 0.1) is 25.2 Å². The minimum absolute atomic E-state index is 0.384. The monoisotopic (exact) mass is 277 g/mol. The molecule has 0 aliphatic rings. The number of hydrogen-bond acceptors (Lipinski definition) is 3. The van der Waals surface area contributed by atoms with Crippen LogP contribution in [0.15, 0.2) is 36.5 Å². The van der Waals surface area contributed by atoms with E-state index in [9.17, 15) is 0 Å². The van der Waals surface area contributed by atoms with Crippen molar-refractivity contribution < 1.29 is 0 Å². The zero-order valence-corrected chi connectivity index (χ0v) is 12.0. The van der Waals surface area contributed by atoms with Gasteiger partial charge in [-0.1, -0.05) is 23.4 Å². The average Bonchev–Trinajstić information content (AvgIpc) is 3.10. The predicted molar refractivity (Wildman–Crippen MR) is 79.5 cm³/mol. The van der Waals surface area contributed by atoms with Gasteiger partial charge < -0.3 is 4.57 Å². The number of aromatic nitrogens is 4. The van der Waals surface area contributed by atoms with Gasteiger partial charge >= 0.3 is 0 Å². The molecule has 0 aliphatic carbocycles. The number of benzene rings is 1. The van der Waals surface area contributed by atoms with Gasteiger partial charge in [0.2, 0.25) is 0 Å². The summed E-state index contributed by atoms with van der Waals surface area (Å²) in [5.41, 5.74) is 5.65. The smallest absolute Gasteiger partial charge is 0.165 e. The second-order valence-electron chi connectivity index (χ2n) is 5.09. The van der Waals surface area contributed by atoms with Gasteiger partial charge in [0.15, 0.2) is 5.69 Å². The number of hydrogen-bond donors (Lipinski definition) is 1. The molecule has 104 valence electrons. The van der Waals surface area contributed by atoms with Crippen molar-refractivity contribution in [3.8, 4) is 17.5 Å². The fourth-order valence-electron chi connectivity index (χ4n) is 2.35. The molecular weight excluding hydrogens is 262 g/mol. The Labute approximate surface area is 122 Å². The summed E-state index contributed by atoms with van der Waals surface area (Å²) in [7, 11) is 0. The van der Waals surface area contributed by atoms with Gasteiger partial charge in [0, 0.05) is 12.7 Å². The molecule has 0 saturated carbocycles. The van der Waals surface area contributed by atoms with Crippen LogP contribution in [0.5, 0.6) is 0 Å². The summed E-state index contributed by atoms with van der Waals surface area (Å²) in [4.78, 5) is 0. The van der Waals surface area contributed by atoms with E-state index in [1.165, 1.54) is 16.7 Å². The molecule has 0 radical (unpaired) electrons. The number of nitrogens with zero attached hydrogens (tertiary/aromatic N) is 4. The molecule has 0 unspecified atom stereocenters. The van der Waals surface area contributed by atoms with Crippen molar-refractivity contribution in [2.24, 2.45) is 0 Å². The Hall–Kier alpha value is -2.87. The van der Waals surface area contributed by atoms with E-state index in [0.29, 0.717) is 11.4 Å². The second-order valence-corrected chi connectivity index (χ2v) is 5.09. The quantitative estimate of drug-likeness (QED) is 0.800. The normalized spacial score (nSPS) is 10.5. The predicted octanol–water partition coefficient (Wildman–Crippen LogP) is 2.81. The summed E-state index contributed by atoms with van der Waals surface area (Å²) in [6.45, 7) is 4.96. The van der Waals surface area contributed by atoms with E-state index in [-0.39, 0.29) is 0 Å². The first-order valence-electron chi connectivity index (χ1n) is 6.72. The highest BCUT2D eigenvalue weighted by Gasteiger charge is 2.13. The number of H-pyrrole nitrogens is 1. The van der Waals surface area contributed by atoms with Crippen LogP contribution in [0.4, 0.5) is 0 Å². The van der Waals surface area contributed by atoms with Gasteiger partial charge in [0.25, 0.3) is 0 Å². The third-order valence-electron chi connectivity index (χ3n) is 3.66. The zero-order chi connectivity index (χ0) is 14.8. The summed E-state index contributed by atoms with van der Waals surface area (Å²) < 4.78 is 2.07. The molecule has 5 nitrogen and oxygen atoms in total. The largest absolute Gasteiger partial charge is 0.342 e. The first-order chi connectivity index (χ1) is 10.2. The molecule has 21 heavy (non-hydrogen) atoms. The second kappa shape index (κ2) is 5.25. The van der Waals surface area contributed by atoms with Crippen molar-refractivity contribution in [1.82, 2.24) is 20.0 Å². The van der Waals surface area contributed by atoms with E-state index >= 15 is 0 Å². The van der Waals surface area contributed by atoms with Crippen LogP contribution in [0.1, 0.15) is 22.4 Å². The first kappa shape index (κ1) is 13.1. The maximum absolute atomic E-state index is 9.08. The standard InChI is InChI=1S/C16H15N5/c1-11-5-6-13(8-12(11)2)10-21-7-3-4-15(21)16-14(9-17)18-20-19-16/h3-8H,10H2,1-2H3,(H,18,19,20). The molecular formula is C16H15N5. The van der Waals surface area contributed by atoms with Crippen molar-refractivity contribution >= 4 is 0 Å². The Bertz CT molecular complexity index is 819. The molecule has 1 N–H and O–H groups in total. The van der Waals surface area contributed by atoms with E-state index in [0.717, 1.165) is 12.2 Å². The fraction of sp³-hybridized carbons (Fsp3) is 0.188. The third kappa shape index (κ3) is 2.43. The Morgan fingerprint density at radius 2 is 2.10 bits per heavy atom. The minimum atomic E-state index is 0.384. The van der Waals surface area contributed by atoms with Crippen LogP contribution >= 0.6 is 0 Å². The van der Waals surface area contributed by atoms with Gasteiger partial charge in [0.05, 0.1) is 5.69 Å². The molecule has 0 saturated heterocycles. The summed E-state index contributed by atoms with van der Waals surface area (Å²) in [5.74, 6) is 0. The lowest BCUT2D eigenvalue weighted by atomic mass is 10.1. The fourth-order valence-corrected chi connectivity index (χ4v) is 2.35. The molecule has 0 bridgehead atoms. The number of rotatable bonds is 3. The molecule has 3 aromatic rings. The van der Waals surface area contributed by atoms with Crippen molar-refractivity contribution in [3.63, 3.8) is 0 Å². The highest BCUT2D eigenvalue weighted by molar-refractivity contribution is 5.61. The maximum atomic E-state index is 9.08. The number of aryl methyl sites for hydroxylation is 2. The molecule has 3 rings (SSSR count). The lowest BCUT2D eigenvalue weighted by Gasteiger charge is -2.09. The van der Waals surface area contributed by atoms with Gasteiger partial charge in [-0.15, -0.1) is 5.10 Å². The van der Waals surface area contributed by atoms with Crippen molar-refractivity contribution in [1.29, 1.82) is 5.26 Å². The molecule has 0 atom stereocenters. The van der Waals surface area contributed by atoms with Gasteiger partial charge in [-0.3, -0.25) is 0 Å². The molecule has 0 aliphatic heterocycles. The lowest BCUT2D eigenvalue weighted by Crippen LogP contribution is -2.02. The number of nitriles is 1. The minimum Gasteiger partial charge on any atom is -0.342 e. The Balaban J connectivity index is 1.96. The van der Waals surface area contributed by atoms with E-state index in [2.05, 4.69) is 58.1 Å². The number of aromatic amines is 1. The maximum Gasteiger partial charge on any atom is 0.165 e. The van der Waals surface area contributed by atoms with Crippen LogP contribution < -0.4 is 0 Å². The Morgan fingerprint density at radius 3 is 2.86 bits per heavy atom. The summed E-state index contributed by atoms with van der Waals surface area (Å²) in [5, 5.41) is 19.4. The molecule has 1 aromatic carbocycles. The van der Waals surface area contributed by atoms with E-state index in [1.807, 2.05) is 18.3 Å². The lowest BCUT2D eigenvalue weighted by molar-refractivity contribution is 0.808. The Kier molecular flexibility index (Phi) is 3.28. The highest BCUT2D eigenvalue weighted by atomic mass is 15.3. The molecule has 5 heteroatoms. The van der Waals surface area contributed by atoms with E-state index in [4.69, 9.17) is 5.26 Å². The van der Waals surface area contributed by atoms with Gasteiger partial charge in [-0.25, -0.2) is 5.10 Å². The summed E-state index contributed by atoms with van der Waals surface area (Å²) in [6.07, 6.45) is 1.99. The molecule has 0 amide bonds. The topological polar surface area (TPSA) is 70.3 Å². The number of nitrogens with one attached hydrogen (secondary N) is 1. The molecule has 2 aromatic heterocycles.